The number of carbonyl (C=O) groups is 2. The molecule has 1 amide bonds. The van der Waals surface area contributed by atoms with Gasteiger partial charge < -0.3 is 14.8 Å². The smallest absolute Gasteiger partial charge is 0.407 e. The number of rotatable bonds is 9. The Morgan fingerprint density at radius 2 is 1.02 bits per heavy atom. The Kier molecular flexibility index (Phi) is 7.82. The van der Waals surface area contributed by atoms with Crippen molar-refractivity contribution in [2.75, 3.05) is 13.2 Å². The van der Waals surface area contributed by atoms with Crippen LogP contribution in [0, 0.1) is 0 Å². The van der Waals surface area contributed by atoms with Crippen molar-refractivity contribution in [3.05, 3.63) is 167 Å². The van der Waals surface area contributed by atoms with E-state index in [1.165, 1.54) is 11.1 Å². The number of benzene rings is 5. The largest absolute Gasteiger partial charge is 0.449 e. The molecule has 1 aliphatic rings. The van der Waals surface area contributed by atoms with E-state index in [-0.39, 0.29) is 25.5 Å². The van der Waals surface area contributed by atoms with Gasteiger partial charge in [0.15, 0.2) is 5.60 Å². The predicted octanol–water partition coefficient (Wildman–Crippen LogP) is 7.45. The summed E-state index contributed by atoms with van der Waals surface area (Å²) in [4.78, 5) is 26.1. The van der Waals surface area contributed by atoms with E-state index < -0.39 is 17.7 Å². The molecule has 1 aliphatic carbocycles. The SMILES string of the molecule is O=C(CCNC(=O)OCC1c2ccccc2-c2ccccc21)OC(c1ccccc1)(c1ccccc1)c1ccccc1. The zero-order valence-electron chi connectivity index (χ0n) is 23.1. The maximum atomic E-state index is 13.4. The Labute approximate surface area is 245 Å². The summed E-state index contributed by atoms with van der Waals surface area (Å²) in [6.07, 6.45) is -0.580. The maximum Gasteiger partial charge on any atom is 0.407 e. The van der Waals surface area contributed by atoms with E-state index in [4.69, 9.17) is 9.47 Å². The van der Waals surface area contributed by atoms with Gasteiger partial charge in [0.25, 0.3) is 0 Å². The number of hydrogen-bond acceptors (Lipinski definition) is 4. The molecule has 1 N–H and O–H groups in total. The van der Waals surface area contributed by atoms with Crippen LogP contribution in [0.5, 0.6) is 0 Å². The first-order valence-electron chi connectivity index (χ1n) is 14.1. The van der Waals surface area contributed by atoms with Crippen LogP contribution in [0.1, 0.15) is 40.2 Å². The van der Waals surface area contributed by atoms with Gasteiger partial charge in [-0.3, -0.25) is 4.79 Å². The van der Waals surface area contributed by atoms with Crippen molar-refractivity contribution in [2.45, 2.75) is 17.9 Å². The fraction of sp³-hybridized carbons (Fsp3) is 0.135. The van der Waals surface area contributed by atoms with E-state index in [0.29, 0.717) is 0 Å². The van der Waals surface area contributed by atoms with Gasteiger partial charge in [-0.1, -0.05) is 140 Å². The highest BCUT2D eigenvalue weighted by Crippen LogP contribution is 2.44. The van der Waals surface area contributed by atoms with Gasteiger partial charge in [0.1, 0.15) is 6.61 Å². The van der Waals surface area contributed by atoms with E-state index in [2.05, 4.69) is 29.6 Å². The van der Waals surface area contributed by atoms with Crippen molar-refractivity contribution in [2.24, 2.45) is 0 Å². The molecule has 0 bridgehead atoms. The minimum atomic E-state index is -1.15. The summed E-state index contributed by atoms with van der Waals surface area (Å²) in [7, 11) is 0. The number of alkyl carbamates (subject to hydrolysis) is 1. The van der Waals surface area contributed by atoms with Gasteiger partial charge >= 0.3 is 12.1 Å². The number of esters is 1. The highest BCUT2D eigenvalue weighted by Gasteiger charge is 2.40. The molecule has 0 heterocycles. The average Bonchev–Trinajstić information content (AvgIpc) is 3.37. The summed E-state index contributed by atoms with van der Waals surface area (Å²) in [6, 6.07) is 45.6. The van der Waals surface area contributed by atoms with Crippen LogP contribution >= 0.6 is 0 Å². The number of ether oxygens (including phenoxy) is 2. The van der Waals surface area contributed by atoms with Gasteiger partial charge in [0.05, 0.1) is 6.42 Å². The van der Waals surface area contributed by atoms with Gasteiger partial charge in [0.2, 0.25) is 0 Å². The molecule has 0 aliphatic heterocycles. The van der Waals surface area contributed by atoms with Gasteiger partial charge in [-0.25, -0.2) is 4.79 Å². The quantitative estimate of drug-likeness (QED) is 0.152. The second-order valence-electron chi connectivity index (χ2n) is 10.3. The molecule has 0 radical (unpaired) electrons. The van der Waals surface area contributed by atoms with Gasteiger partial charge in [-0.15, -0.1) is 0 Å². The van der Waals surface area contributed by atoms with Crippen LogP contribution in [0.2, 0.25) is 0 Å². The molecule has 208 valence electrons. The van der Waals surface area contributed by atoms with Crippen LogP contribution in [0.25, 0.3) is 11.1 Å². The minimum absolute atomic E-state index is 0.0154. The first kappa shape index (κ1) is 27.0. The molecule has 0 fully saturated rings. The third kappa shape index (κ3) is 5.29. The predicted molar refractivity (Wildman–Crippen MR) is 163 cm³/mol. The Morgan fingerprint density at radius 1 is 0.595 bits per heavy atom. The van der Waals surface area contributed by atoms with E-state index in [1.807, 2.05) is 115 Å². The van der Waals surface area contributed by atoms with Crippen molar-refractivity contribution < 1.29 is 19.1 Å². The Balaban J connectivity index is 1.13. The fourth-order valence-electron chi connectivity index (χ4n) is 5.83. The molecular formula is C37H31NO4. The van der Waals surface area contributed by atoms with Gasteiger partial charge in [0, 0.05) is 29.2 Å². The summed E-state index contributed by atoms with van der Waals surface area (Å²) < 4.78 is 12.0. The number of nitrogens with one attached hydrogen (secondary N) is 1. The lowest BCUT2D eigenvalue weighted by atomic mass is 9.80. The van der Waals surface area contributed by atoms with Crippen molar-refractivity contribution in [1.82, 2.24) is 5.32 Å². The Morgan fingerprint density at radius 3 is 1.50 bits per heavy atom. The summed E-state index contributed by atoms with van der Waals surface area (Å²) in [5.41, 5.74) is 5.99. The lowest BCUT2D eigenvalue weighted by Crippen LogP contribution is -2.36. The monoisotopic (exact) mass is 553 g/mol. The number of carbonyl (C=O) groups excluding carboxylic acids is 2. The van der Waals surface area contributed by atoms with Crippen molar-refractivity contribution in [1.29, 1.82) is 0 Å². The third-order valence-corrected chi connectivity index (χ3v) is 7.75. The van der Waals surface area contributed by atoms with Gasteiger partial charge in [-0.05, 0) is 22.3 Å². The maximum absolute atomic E-state index is 13.4. The molecule has 42 heavy (non-hydrogen) atoms. The lowest BCUT2D eigenvalue weighted by Gasteiger charge is -2.35. The second kappa shape index (κ2) is 12.1. The van der Waals surface area contributed by atoms with Crippen LogP contribution in [-0.4, -0.2) is 25.2 Å². The van der Waals surface area contributed by atoms with Crippen molar-refractivity contribution in [3.63, 3.8) is 0 Å². The molecule has 0 spiro atoms. The zero-order chi connectivity index (χ0) is 28.8. The van der Waals surface area contributed by atoms with Crippen LogP contribution in [0.15, 0.2) is 140 Å². The minimum Gasteiger partial charge on any atom is -0.449 e. The highest BCUT2D eigenvalue weighted by molar-refractivity contribution is 5.79. The summed E-state index contributed by atoms with van der Waals surface area (Å²) in [5.74, 6) is -0.471. The van der Waals surface area contributed by atoms with E-state index in [1.54, 1.807) is 0 Å². The van der Waals surface area contributed by atoms with Crippen molar-refractivity contribution >= 4 is 12.1 Å². The molecular weight excluding hydrogens is 522 g/mol. The van der Waals surface area contributed by atoms with Crippen LogP contribution in [-0.2, 0) is 19.9 Å². The first-order chi connectivity index (χ1) is 20.7. The first-order valence-corrected chi connectivity index (χ1v) is 14.1. The van der Waals surface area contributed by atoms with Crippen LogP contribution < -0.4 is 5.32 Å². The van der Waals surface area contributed by atoms with E-state index >= 15 is 0 Å². The summed E-state index contributed by atoms with van der Waals surface area (Å²) >= 11 is 0. The highest BCUT2D eigenvalue weighted by atomic mass is 16.6. The molecule has 0 unspecified atom stereocenters. The van der Waals surface area contributed by atoms with Crippen LogP contribution in [0.3, 0.4) is 0 Å². The molecule has 5 nitrogen and oxygen atoms in total. The number of amides is 1. The normalized spacial score (nSPS) is 12.2. The lowest BCUT2D eigenvalue weighted by molar-refractivity contribution is -0.153. The third-order valence-electron chi connectivity index (χ3n) is 7.75. The molecule has 5 aromatic rings. The number of hydrogen-bond donors (Lipinski definition) is 1. The topological polar surface area (TPSA) is 64.6 Å². The molecule has 0 atom stereocenters. The van der Waals surface area contributed by atoms with E-state index in [9.17, 15) is 9.59 Å². The van der Waals surface area contributed by atoms with E-state index in [0.717, 1.165) is 27.8 Å². The summed E-state index contributed by atoms with van der Waals surface area (Å²) in [5, 5.41) is 2.73. The molecule has 0 aromatic heterocycles. The molecule has 0 saturated carbocycles. The van der Waals surface area contributed by atoms with Gasteiger partial charge in [-0.2, -0.15) is 0 Å². The number of fused-ring (bicyclic) bond motifs is 3. The molecule has 5 heteroatoms. The Bertz CT molecular complexity index is 1530. The molecule has 5 aromatic carbocycles. The fourth-order valence-corrected chi connectivity index (χ4v) is 5.83. The standard InChI is InChI=1S/C37H31NO4/c39-35(24-25-38-36(40)41-26-34-32-22-12-10-20-30(32)31-21-11-13-23-33(31)34)42-37(27-14-4-1-5-15-27,28-16-6-2-7-17-28)29-18-8-3-9-19-29/h1-23,34H,24-26H2,(H,38,40). The molecule has 6 rings (SSSR count). The average molecular weight is 554 g/mol. The molecule has 0 saturated heterocycles. The zero-order valence-corrected chi connectivity index (χ0v) is 23.1. The van der Waals surface area contributed by atoms with Crippen LogP contribution in [0.4, 0.5) is 4.79 Å². The summed E-state index contributed by atoms with van der Waals surface area (Å²) in [6.45, 7) is 0.299. The Hall–Kier alpha value is -5.16. The van der Waals surface area contributed by atoms with Crippen molar-refractivity contribution in [3.8, 4) is 11.1 Å². The second-order valence-corrected chi connectivity index (χ2v) is 10.3.